The van der Waals surface area contributed by atoms with E-state index in [9.17, 15) is 9.90 Å². The summed E-state index contributed by atoms with van der Waals surface area (Å²) in [5, 5.41) is 10.4. The molecule has 0 radical (unpaired) electrons. The first-order valence-corrected chi connectivity index (χ1v) is 8.73. The number of carbonyl (C=O) groups excluding carboxylic acids is 1. The van der Waals surface area contributed by atoms with E-state index in [-0.39, 0.29) is 11.7 Å². The van der Waals surface area contributed by atoms with Crippen LogP contribution in [0.4, 0.5) is 0 Å². The molecule has 0 bridgehead atoms. The number of phenolic OH excluding ortho intramolecular Hbond substituents is 1. The van der Waals surface area contributed by atoms with Crippen molar-refractivity contribution in [3.05, 3.63) is 71.8 Å². The summed E-state index contributed by atoms with van der Waals surface area (Å²) in [5.41, 5.74) is 3.88. The largest absolute Gasteiger partial charge is 0.504 e. The van der Waals surface area contributed by atoms with Gasteiger partial charge in [0.15, 0.2) is 11.5 Å². The van der Waals surface area contributed by atoms with Crippen LogP contribution in [0.5, 0.6) is 11.5 Å². The molecule has 1 N–H and O–H groups in total. The van der Waals surface area contributed by atoms with E-state index in [0.717, 1.165) is 22.4 Å². The van der Waals surface area contributed by atoms with Crippen LogP contribution >= 0.6 is 0 Å². The molecule has 3 heterocycles. The Bertz CT molecular complexity index is 972. The molecule has 0 saturated carbocycles. The van der Waals surface area contributed by atoms with Crippen LogP contribution in [0.3, 0.4) is 0 Å². The molecule has 1 aliphatic heterocycles. The van der Waals surface area contributed by atoms with E-state index in [2.05, 4.69) is 9.97 Å². The van der Waals surface area contributed by atoms with Crippen molar-refractivity contribution >= 4 is 5.91 Å². The Balaban J connectivity index is 1.67. The Morgan fingerprint density at radius 3 is 2.81 bits per heavy atom. The number of carbonyl (C=O) groups is 1. The fourth-order valence-corrected chi connectivity index (χ4v) is 3.15. The van der Waals surface area contributed by atoms with Crippen molar-refractivity contribution in [2.75, 3.05) is 13.2 Å². The van der Waals surface area contributed by atoms with E-state index in [1.54, 1.807) is 35.6 Å². The van der Waals surface area contributed by atoms with Crippen molar-refractivity contribution in [1.82, 2.24) is 14.9 Å². The Hall–Kier alpha value is -3.41. The van der Waals surface area contributed by atoms with Gasteiger partial charge in [-0.05, 0) is 42.8 Å². The van der Waals surface area contributed by atoms with Crippen LogP contribution in [0, 0.1) is 6.92 Å². The summed E-state index contributed by atoms with van der Waals surface area (Å²) in [5.74, 6) is 0.392. The minimum absolute atomic E-state index is 0.0673. The smallest absolute Gasteiger partial charge is 0.255 e. The summed E-state index contributed by atoms with van der Waals surface area (Å²) in [6.45, 7) is 2.98. The molecule has 1 aromatic carbocycles. The molecule has 27 heavy (non-hydrogen) atoms. The van der Waals surface area contributed by atoms with E-state index in [1.165, 1.54) is 0 Å². The molecule has 6 nitrogen and oxygen atoms in total. The Morgan fingerprint density at radius 2 is 2.07 bits per heavy atom. The summed E-state index contributed by atoms with van der Waals surface area (Å²) in [6.07, 6.45) is 5.03. The highest BCUT2D eigenvalue weighted by atomic mass is 16.5. The number of ether oxygens (including phenoxy) is 1. The monoisotopic (exact) mass is 361 g/mol. The van der Waals surface area contributed by atoms with E-state index >= 15 is 0 Å². The summed E-state index contributed by atoms with van der Waals surface area (Å²) in [6, 6.07) is 11.0. The van der Waals surface area contributed by atoms with Crippen LogP contribution < -0.4 is 4.74 Å². The number of rotatable bonds is 2. The highest BCUT2D eigenvalue weighted by molar-refractivity contribution is 5.94. The molecule has 0 atom stereocenters. The third-order valence-electron chi connectivity index (χ3n) is 4.56. The SMILES string of the molecule is Cc1ccc(C(=O)N2CCOc3c(O)cc(-c4cccnc4)cc3C2)cn1. The number of pyridine rings is 2. The summed E-state index contributed by atoms with van der Waals surface area (Å²) < 4.78 is 5.73. The lowest BCUT2D eigenvalue weighted by atomic mass is 10.0. The molecule has 0 unspecified atom stereocenters. The molecular weight excluding hydrogens is 342 g/mol. The van der Waals surface area contributed by atoms with E-state index in [0.29, 0.717) is 31.0 Å². The van der Waals surface area contributed by atoms with Gasteiger partial charge in [-0.25, -0.2) is 0 Å². The number of nitrogens with zero attached hydrogens (tertiary/aromatic N) is 3. The molecule has 1 amide bonds. The molecule has 0 aliphatic carbocycles. The molecule has 4 rings (SSSR count). The molecule has 2 aromatic heterocycles. The second-order valence-electron chi connectivity index (χ2n) is 6.49. The zero-order valence-electron chi connectivity index (χ0n) is 14.9. The van der Waals surface area contributed by atoms with Crippen molar-refractivity contribution < 1.29 is 14.6 Å². The van der Waals surface area contributed by atoms with Crippen molar-refractivity contribution in [2.45, 2.75) is 13.5 Å². The highest BCUT2D eigenvalue weighted by Crippen LogP contribution is 2.37. The normalized spacial score (nSPS) is 13.4. The minimum Gasteiger partial charge on any atom is -0.504 e. The molecule has 6 heteroatoms. The van der Waals surface area contributed by atoms with Gasteiger partial charge in [-0.2, -0.15) is 0 Å². The van der Waals surface area contributed by atoms with Crippen LogP contribution in [-0.4, -0.2) is 39.0 Å². The van der Waals surface area contributed by atoms with Crippen molar-refractivity contribution in [3.63, 3.8) is 0 Å². The van der Waals surface area contributed by atoms with Gasteiger partial charge in [0.2, 0.25) is 0 Å². The van der Waals surface area contributed by atoms with E-state index in [4.69, 9.17) is 4.74 Å². The Morgan fingerprint density at radius 1 is 1.19 bits per heavy atom. The van der Waals surface area contributed by atoms with Crippen LogP contribution in [-0.2, 0) is 6.54 Å². The third kappa shape index (κ3) is 3.46. The number of hydrogen-bond donors (Lipinski definition) is 1. The number of aryl methyl sites for hydroxylation is 1. The van der Waals surface area contributed by atoms with Gasteiger partial charge in [-0.1, -0.05) is 6.07 Å². The average Bonchev–Trinajstić information content (AvgIpc) is 2.91. The maximum absolute atomic E-state index is 12.9. The number of fused-ring (bicyclic) bond motifs is 1. The van der Waals surface area contributed by atoms with Gasteiger partial charge in [-0.15, -0.1) is 0 Å². The number of aromatic hydroxyl groups is 1. The van der Waals surface area contributed by atoms with Gasteiger partial charge in [-0.3, -0.25) is 14.8 Å². The predicted octanol–water partition coefficient (Wildman–Crippen LogP) is 3.19. The standard InChI is InChI=1S/C21H19N3O3/c1-14-4-5-16(12-23-14)21(26)24-7-8-27-20-18(13-24)9-17(10-19(20)25)15-3-2-6-22-11-15/h2-6,9-12,25H,7-8,13H2,1H3. The molecule has 136 valence electrons. The van der Waals surface area contributed by atoms with Crippen LogP contribution in [0.25, 0.3) is 11.1 Å². The molecule has 0 spiro atoms. The number of hydrogen-bond acceptors (Lipinski definition) is 5. The highest BCUT2D eigenvalue weighted by Gasteiger charge is 2.24. The van der Waals surface area contributed by atoms with Gasteiger partial charge in [0.05, 0.1) is 12.1 Å². The topological polar surface area (TPSA) is 75.6 Å². The first-order valence-electron chi connectivity index (χ1n) is 8.73. The summed E-state index contributed by atoms with van der Waals surface area (Å²) in [7, 11) is 0. The fraction of sp³-hybridized carbons (Fsp3) is 0.190. The molecular formula is C21H19N3O3. The van der Waals surface area contributed by atoms with Gasteiger partial charge in [0.25, 0.3) is 5.91 Å². The average molecular weight is 361 g/mol. The van der Waals surface area contributed by atoms with Crippen molar-refractivity contribution in [1.29, 1.82) is 0 Å². The first kappa shape index (κ1) is 17.0. The lowest BCUT2D eigenvalue weighted by Crippen LogP contribution is -2.32. The zero-order chi connectivity index (χ0) is 18.8. The molecule has 3 aromatic rings. The zero-order valence-corrected chi connectivity index (χ0v) is 14.9. The number of phenols is 1. The minimum atomic E-state index is -0.106. The number of aromatic nitrogens is 2. The van der Waals surface area contributed by atoms with Crippen LogP contribution in [0.1, 0.15) is 21.6 Å². The Kier molecular flexibility index (Phi) is 4.46. The van der Waals surface area contributed by atoms with Crippen molar-refractivity contribution in [3.8, 4) is 22.6 Å². The van der Waals surface area contributed by atoms with Gasteiger partial charge >= 0.3 is 0 Å². The third-order valence-corrected chi connectivity index (χ3v) is 4.56. The summed E-state index contributed by atoms with van der Waals surface area (Å²) >= 11 is 0. The van der Waals surface area contributed by atoms with Crippen LogP contribution in [0.15, 0.2) is 55.0 Å². The maximum Gasteiger partial charge on any atom is 0.255 e. The number of amides is 1. The summed E-state index contributed by atoms with van der Waals surface area (Å²) in [4.78, 5) is 22.9. The van der Waals surface area contributed by atoms with E-state index < -0.39 is 0 Å². The van der Waals surface area contributed by atoms with Gasteiger partial charge in [0.1, 0.15) is 6.61 Å². The maximum atomic E-state index is 12.9. The molecule has 0 saturated heterocycles. The van der Waals surface area contributed by atoms with Crippen LogP contribution in [0.2, 0.25) is 0 Å². The second-order valence-corrected chi connectivity index (χ2v) is 6.49. The van der Waals surface area contributed by atoms with E-state index in [1.807, 2.05) is 31.2 Å². The van der Waals surface area contributed by atoms with Gasteiger partial charge in [0, 0.05) is 42.0 Å². The number of benzene rings is 1. The molecule has 0 fully saturated rings. The van der Waals surface area contributed by atoms with Gasteiger partial charge < -0.3 is 14.7 Å². The fourth-order valence-electron chi connectivity index (χ4n) is 3.15. The predicted molar refractivity (Wildman–Crippen MR) is 101 cm³/mol. The van der Waals surface area contributed by atoms with Crippen molar-refractivity contribution in [2.24, 2.45) is 0 Å². The first-order chi connectivity index (χ1) is 13.1. The quantitative estimate of drug-likeness (QED) is 0.759. The lowest BCUT2D eigenvalue weighted by molar-refractivity contribution is 0.0732. The molecule has 1 aliphatic rings. The second kappa shape index (κ2) is 7.07. The lowest BCUT2D eigenvalue weighted by Gasteiger charge is -2.20. The Labute approximate surface area is 157 Å².